The lowest BCUT2D eigenvalue weighted by atomic mass is 9.98. The Bertz CT molecular complexity index is 379. The first-order valence-electron chi connectivity index (χ1n) is 6.12. The SMILES string of the molecule is CCOC(=O)CC(NC)c1ccccc1COC. The van der Waals surface area contributed by atoms with Gasteiger partial charge in [-0.3, -0.25) is 4.79 Å². The number of hydrogen-bond acceptors (Lipinski definition) is 4. The molecule has 0 radical (unpaired) electrons. The first kappa shape index (κ1) is 14.7. The minimum absolute atomic E-state index is 0.0459. The average Bonchev–Trinajstić information content (AvgIpc) is 2.37. The molecule has 0 aliphatic heterocycles. The first-order chi connectivity index (χ1) is 8.72. The summed E-state index contributed by atoms with van der Waals surface area (Å²) in [6.07, 6.45) is 0.324. The summed E-state index contributed by atoms with van der Waals surface area (Å²) in [7, 11) is 3.50. The van der Waals surface area contributed by atoms with Crippen LogP contribution >= 0.6 is 0 Å². The summed E-state index contributed by atoms with van der Waals surface area (Å²) in [5, 5.41) is 3.15. The summed E-state index contributed by atoms with van der Waals surface area (Å²) in [5.74, 6) is -0.191. The van der Waals surface area contributed by atoms with Crippen molar-refractivity contribution >= 4 is 5.97 Å². The molecule has 0 amide bonds. The smallest absolute Gasteiger partial charge is 0.307 e. The normalized spacial score (nSPS) is 12.2. The van der Waals surface area contributed by atoms with Crippen LogP contribution in [0, 0.1) is 0 Å². The van der Waals surface area contributed by atoms with Crippen molar-refractivity contribution < 1.29 is 14.3 Å². The molecule has 1 unspecified atom stereocenters. The maximum Gasteiger partial charge on any atom is 0.307 e. The van der Waals surface area contributed by atoms with Crippen LogP contribution in [0.15, 0.2) is 24.3 Å². The Morgan fingerprint density at radius 1 is 1.39 bits per heavy atom. The fourth-order valence-corrected chi connectivity index (χ4v) is 1.92. The lowest BCUT2D eigenvalue weighted by molar-refractivity contribution is -0.143. The molecule has 0 bridgehead atoms. The number of nitrogens with one attached hydrogen (secondary N) is 1. The summed E-state index contributed by atoms with van der Waals surface area (Å²) in [6.45, 7) is 2.76. The largest absolute Gasteiger partial charge is 0.466 e. The van der Waals surface area contributed by atoms with E-state index in [-0.39, 0.29) is 12.0 Å². The van der Waals surface area contributed by atoms with Gasteiger partial charge in [-0.15, -0.1) is 0 Å². The van der Waals surface area contributed by atoms with E-state index in [2.05, 4.69) is 5.32 Å². The highest BCUT2D eigenvalue weighted by Crippen LogP contribution is 2.21. The predicted octanol–water partition coefficient (Wildman–Crippen LogP) is 2.05. The molecular weight excluding hydrogens is 230 g/mol. The zero-order valence-corrected chi connectivity index (χ0v) is 11.2. The van der Waals surface area contributed by atoms with Crippen LogP contribution in [0.25, 0.3) is 0 Å². The molecule has 4 heteroatoms. The molecule has 0 heterocycles. The molecule has 18 heavy (non-hydrogen) atoms. The Labute approximate surface area is 108 Å². The second kappa shape index (κ2) is 7.84. The first-order valence-corrected chi connectivity index (χ1v) is 6.12. The third kappa shape index (κ3) is 4.13. The molecule has 0 saturated carbocycles. The van der Waals surface area contributed by atoms with Crippen molar-refractivity contribution in [1.82, 2.24) is 5.32 Å². The molecule has 0 aromatic heterocycles. The van der Waals surface area contributed by atoms with Gasteiger partial charge in [0.05, 0.1) is 19.6 Å². The van der Waals surface area contributed by atoms with E-state index in [0.29, 0.717) is 19.6 Å². The quantitative estimate of drug-likeness (QED) is 0.753. The molecular formula is C14H21NO3. The molecule has 1 atom stereocenters. The lowest BCUT2D eigenvalue weighted by Gasteiger charge is -2.19. The van der Waals surface area contributed by atoms with E-state index in [1.807, 2.05) is 38.2 Å². The fraction of sp³-hybridized carbons (Fsp3) is 0.500. The van der Waals surface area contributed by atoms with Gasteiger partial charge in [0.1, 0.15) is 0 Å². The van der Waals surface area contributed by atoms with E-state index in [9.17, 15) is 4.79 Å². The topological polar surface area (TPSA) is 47.6 Å². The number of methoxy groups -OCH3 is 1. The van der Waals surface area contributed by atoms with Crippen LogP contribution in [-0.4, -0.2) is 26.7 Å². The van der Waals surface area contributed by atoms with Crippen LogP contribution in [0.3, 0.4) is 0 Å². The van der Waals surface area contributed by atoms with Gasteiger partial charge < -0.3 is 14.8 Å². The molecule has 1 rings (SSSR count). The van der Waals surface area contributed by atoms with Gasteiger partial charge in [0.15, 0.2) is 0 Å². The predicted molar refractivity (Wildman–Crippen MR) is 70.2 cm³/mol. The van der Waals surface area contributed by atoms with E-state index in [4.69, 9.17) is 9.47 Å². The van der Waals surface area contributed by atoms with Gasteiger partial charge in [0, 0.05) is 13.2 Å². The van der Waals surface area contributed by atoms with Crippen LogP contribution in [0.4, 0.5) is 0 Å². The fourth-order valence-electron chi connectivity index (χ4n) is 1.92. The van der Waals surface area contributed by atoms with E-state index in [1.54, 1.807) is 7.11 Å². The second-order valence-corrected chi connectivity index (χ2v) is 3.98. The average molecular weight is 251 g/mol. The number of hydrogen-bond donors (Lipinski definition) is 1. The number of ether oxygens (including phenoxy) is 2. The van der Waals surface area contributed by atoms with Gasteiger partial charge in [-0.2, -0.15) is 0 Å². The van der Waals surface area contributed by atoms with Crippen molar-refractivity contribution in [1.29, 1.82) is 0 Å². The highest BCUT2D eigenvalue weighted by Gasteiger charge is 2.17. The van der Waals surface area contributed by atoms with Crippen LogP contribution in [-0.2, 0) is 20.9 Å². The molecule has 0 saturated heterocycles. The third-order valence-corrected chi connectivity index (χ3v) is 2.75. The minimum atomic E-state index is -0.191. The molecule has 0 fully saturated rings. The second-order valence-electron chi connectivity index (χ2n) is 3.98. The minimum Gasteiger partial charge on any atom is -0.466 e. The number of benzene rings is 1. The Morgan fingerprint density at radius 3 is 2.72 bits per heavy atom. The molecule has 1 aromatic rings. The lowest BCUT2D eigenvalue weighted by Crippen LogP contribution is -2.22. The van der Waals surface area contributed by atoms with Gasteiger partial charge in [0.2, 0.25) is 0 Å². The molecule has 1 aromatic carbocycles. The highest BCUT2D eigenvalue weighted by atomic mass is 16.5. The summed E-state index contributed by atoms with van der Waals surface area (Å²) in [4.78, 5) is 11.6. The maximum absolute atomic E-state index is 11.6. The highest BCUT2D eigenvalue weighted by molar-refractivity contribution is 5.70. The van der Waals surface area contributed by atoms with Crippen molar-refractivity contribution in [3.05, 3.63) is 35.4 Å². The van der Waals surface area contributed by atoms with Crippen LogP contribution in [0.1, 0.15) is 30.5 Å². The molecule has 0 aliphatic rings. The number of esters is 1. The Kier molecular flexibility index (Phi) is 6.39. The maximum atomic E-state index is 11.6. The van der Waals surface area contributed by atoms with E-state index < -0.39 is 0 Å². The van der Waals surface area contributed by atoms with Crippen LogP contribution < -0.4 is 5.32 Å². The molecule has 1 N–H and O–H groups in total. The number of carbonyl (C=O) groups excluding carboxylic acids is 1. The van der Waals surface area contributed by atoms with Crippen LogP contribution in [0.5, 0.6) is 0 Å². The van der Waals surface area contributed by atoms with Crippen molar-refractivity contribution in [3.8, 4) is 0 Å². The van der Waals surface area contributed by atoms with Crippen molar-refractivity contribution in [2.24, 2.45) is 0 Å². The zero-order chi connectivity index (χ0) is 13.4. The Balaban J connectivity index is 2.83. The Morgan fingerprint density at radius 2 is 2.11 bits per heavy atom. The third-order valence-electron chi connectivity index (χ3n) is 2.75. The summed E-state index contributed by atoms with van der Waals surface area (Å²) in [5.41, 5.74) is 2.17. The summed E-state index contributed by atoms with van der Waals surface area (Å²) in [6, 6.07) is 7.90. The van der Waals surface area contributed by atoms with Gasteiger partial charge in [-0.25, -0.2) is 0 Å². The van der Waals surface area contributed by atoms with Crippen molar-refractivity contribution in [2.75, 3.05) is 20.8 Å². The van der Waals surface area contributed by atoms with E-state index in [0.717, 1.165) is 11.1 Å². The Hall–Kier alpha value is -1.39. The molecule has 4 nitrogen and oxygen atoms in total. The molecule has 0 spiro atoms. The van der Waals surface area contributed by atoms with E-state index >= 15 is 0 Å². The van der Waals surface area contributed by atoms with Crippen LogP contribution in [0.2, 0.25) is 0 Å². The summed E-state index contributed by atoms with van der Waals surface area (Å²) >= 11 is 0. The summed E-state index contributed by atoms with van der Waals surface area (Å²) < 4.78 is 10.2. The standard InChI is InChI=1S/C14H21NO3/c1-4-18-14(16)9-13(15-2)12-8-6-5-7-11(12)10-17-3/h5-8,13,15H,4,9-10H2,1-3H3. The van der Waals surface area contributed by atoms with Gasteiger partial charge >= 0.3 is 5.97 Å². The number of rotatable bonds is 7. The monoisotopic (exact) mass is 251 g/mol. The molecule has 100 valence electrons. The van der Waals surface area contributed by atoms with Crippen molar-refractivity contribution in [3.63, 3.8) is 0 Å². The van der Waals surface area contributed by atoms with Crippen molar-refractivity contribution in [2.45, 2.75) is 26.0 Å². The van der Waals surface area contributed by atoms with Gasteiger partial charge in [-0.05, 0) is 25.1 Å². The van der Waals surface area contributed by atoms with Gasteiger partial charge in [-0.1, -0.05) is 24.3 Å². The molecule has 0 aliphatic carbocycles. The zero-order valence-electron chi connectivity index (χ0n) is 11.2. The number of carbonyl (C=O) groups is 1. The van der Waals surface area contributed by atoms with Gasteiger partial charge in [0.25, 0.3) is 0 Å². The van der Waals surface area contributed by atoms with E-state index in [1.165, 1.54) is 0 Å².